The highest BCUT2D eigenvalue weighted by Crippen LogP contribution is 2.35. The van der Waals surface area contributed by atoms with Crippen LogP contribution in [-0.2, 0) is 21.9 Å². The lowest BCUT2D eigenvalue weighted by atomic mass is 10.3. The lowest BCUT2D eigenvalue weighted by Crippen LogP contribution is -2.45. The van der Waals surface area contributed by atoms with Gasteiger partial charge < -0.3 is 9.67 Å². The van der Waals surface area contributed by atoms with E-state index in [1.807, 2.05) is 6.92 Å². The molecular weight excluding hydrogens is 302 g/mol. The summed E-state index contributed by atoms with van der Waals surface area (Å²) in [6.45, 7) is 3.54. The topological polar surface area (TPSA) is 92.5 Å². The smallest absolute Gasteiger partial charge is 0.322 e. The Morgan fingerprint density at radius 3 is 2.70 bits per heavy atom. The Kier molecular flexibility index (Phi) is 4.12. The van der Waals surface area contributed by atoms with Gasteiger partial charge in [0.2, 0.25) is 0 Å². The number of aromatic nitrogens is 2. The Morgan fingerprint density at radius 1 is 1.60 bits per heavy atom. The Labute approximate surface area is 122 Å². The van der Waals surface area contributed by atoms with Crippen LogP contribution in [0.3, 0.4) is 0 Å². The van der Waals surface area contributed by atoms with Gasteiger partial charge in [-0.2, -0.15) is 4.31 Å². The quantitative estimate of drug-likeness (QED) is 0.876. The van der Waals surface area contributed by atoms with Crippen molar-refractivity contribution in [3.8, 4) is 0 Å². The van der Waals surface area contributed by atoms with Crippen molar-refractivity contribution in [1.29, 1.82) is 0 Å². The van der Waals surface area contributed by atoms with Crippen LogP contribution < -0.4 is 0 Å². The van der Waals surface area contributed by atoms with Crippen LogP contribution in [0.1, 0.15) is 19.2 Å². The zero-order valence-corrected chi connectivity index (χ0v) is 13.1. The van der Waals surface area contributed by atoms with E-state index in [1.54, 1.807) is 18.5 Å². The van der Waals surface area contributed by atoms with Crippen molar-refractivity contribution in [2.75, 3.05) is 5.75 Å². The number of sulfonamides is 1. The molecule has 1 N–H and O–H groups in total. The number of carbonyl (C=O) groups is 1. The lowest BCUT2D eigenvalue weighted by molar-refractivity contribution is -0.140. The largest absolute Gasteiger partial charge is 0.480 e. The standard InChI is InChI=1S/C11H17N3O4S2/c1-4-10-14(8(6-19-10)11(15)16)20(17,18)9-5-13(3)7(2)12-9/h5,8,10H,4,6H2,1-3H3,(H,15,16). The van der Waals surface area contributed by atoms with Crippen LogP contribution in [0.15, 0.2) is 11.2 Å². The molecule has 0 aromatic carbocycles. The van der Waals surface area contributed by atoms with Crippen molar-refractivity contribution < 1.29 is 18.3 Å². The molecule has 0 amide bonds. The SMILES string of the molecule is CCC1SCC(C(=O)O)N1S(=O)(=O)c1cn(C)c(C)n1. The van der Waals surface area contributed by atoms with Gasteiger partial charge in [-0.15, -0.1) is 11.8 Å². The van der Waals surface area contributed by atoms with Crippen LogP contribution in [-0.4, -0.2) is 50.5 Å². The fourth-order valence-electron chi connectivity index (χ4n) is 2.11. The molecule has 0 radical (unpaired) electrons. The predicted octanol–water partition coefficient (Wildman–Crippen LogP) is 0.655. The molecule has 1 aliphatic heterocycles. The molecule has 1 aromatic rings. The second kappa shape index (κ2) is 5.38. The molecule has 2 rings (SSSR count). The van der Waals surface area contributed by atoms with Crippen molar-refractivity contribution in [3.05, 3.63) is 12.0 Å². The lowest BCUT2D eigenvalue weighted by Gasteiger charge is -2.24. The first-order chi connectivity index (χ1) is 9.28. The fraction of sp³-hybridized carbons (Fsp3) is 0.636. The summed E-state index contributed by atoms with van der Waals surface area (Å²) in [6.07, 6.45) is 1.97. The van der Waals surface area contributed by atoms with Crippen LogP contribution in [0.5, 0.6) is 0 Å². The first kappa shape index (κ1) is 15.3. The van der Waals surface area contributed by atoms with Gasteiger partial charge in [-0.25, -0.2) is 13.4 Å². The van der Waals surface area contributed by atoms with Crippen LogP contribution >= 0.6 is 11.8 Å². The highest BCUT2D eigenvalue weighted by atomic mass is 32.2. The number of rotatable bonds is 4. The molecule has 112 valence electrons. The van der Waals surface area contributed by atoms with E-state index < -0.39 is 22.0 Å². The first-order valence-electron chi connectivity index (χ1n) is 6.17. The van der Waals surface area contributed by atoms with Gasteiger partial charge in [-0.3, -0.25) is 4.79 Å². The van der Waals surface area contributed by atoms with Gasteiger partial charge in [0.15, 0.2) is 5.03 Å². The summed E-state index contributed by atoms with van der Waals surface area (Å²) in [4.78, 5) is 15.3. The normalized spacial score (nSPS) is 24.1. The number of aryl methyl sites for hydroxylation is 2. The molecule has 1 aromatic heterocycles. The van der Waals surface area contributed by atoms with E-state index in [9.17, 15) is 18.3 Å². The number of imidazole rings is 1. The minimum Gasteiger partial charge on any atom is -0.480 e. The van der Waals surface area contributed by atoms with Crippen molar-refractivity contribution >= 4 is 27.8 Å². The second-order valence-electron chi connectivity index (χ2n) is 4.62. The maximum absolute atomic E-state index is 12.7. The highest BCUT2D eigenvalue weighted by molar-refractivity contribution is 8.01. The van der Waals surface area contributed by atoms with Crippen molar-refractivity contribution in [2.24, 2.45) is 7.05 Å². The molecule has 1 saturated heterocycles. The maximum atomic E-state index is 12.7. The highest BCUT2D eigenvalue weighted by Gasteiger charge is 2.46. The minimum absolute atomic E-state index is 0.0929. The summed E-state index contributed by atoms with van der Waals surface area (Å²) in [5.74, 6) is -0.293. The van der Waals surface area contributed by atoms with Gasteiger partial charge in [0.25, 0.3) is 10.0 Å². The summed E-state index contributed by atoms with van der Waals surface area (Å²) in [5.41, 5.74) is 0. The molecule has 0 aliphatic carbocycles. The first-order valence-corrected chi connectivity index (χ1v) is 8.65. The molecule has 7 nitrogen and oxygen atoms in total. The zero-order valence-electron chi connectivity index (χ0n) is 11.5. The maximum Gasteiger partial charge on any atom is 0.322 e. The van der Waals surface area contributed by atoms with E-state index >= 15 is 0 Å². The van der Waals surface area contributed by atoms with Crippen LogP contribution in [0.25, 0.3) is 0 Å². The number of nitrogens with zero attached hydrogens (tertiary/aromatic N) is 3. The number of carboxylic acids is 1. The summed E-state index contributed by atoms with van der Waals surface area (Å²) in [7, 11) is -2.20. The Balaban J connectivity index is 2.47. The zero-order chi connectivity index (χ0) is 15.1. The average Bonchev–Trinajstić information content (AvgIpc) is 2.94. The van der Waals surface area contributed by atoms with Crippen molar-refractivity contribution in [2.45, 2.75) is 36.7 Å². The Morgan fingerprint density at radius 2 is 2.25 bits per heavy atom. The Bertz CT molecular complexity index is 606. The fourth-order valence-corrected chi connectivity index (χ4v) is 5.68. The van der Waals surface area contributed by atoms with Gasteiger partial charge in [-0.1, -0.05) is 6.92 Å². The van der Waals surface area contributed by atoms with Gasteiger partial charge in [-0.05, 0) is 13.3 Å². The molecule has 9 heteroatoms. The summed E-state index contributed by atoms with van der Waals surface area (Å²) in [6, 6.07) is -1.03. The van der Waals surface area contributed by atoms with E-state index in [4.69, 9.17) is 0 Å². The number of carboxylic acid groups (broad SMARTS) is 1. The van der Waals surface area contributed by atoms with E-state index in [-0.39, 0.29) is 16.2 Å². The van der Waals surface area contributed by atoms with Crippen LogP contribution in [0.2, 0.25) is 0 Å². The molecule has 2 atom stereocenters. The molecule has 1 aliphatic rings. The number of hydrogen-bond donors (Lipinski definition) is 1. The molecular formula is C11H17N3O4S2. The monoisotopic (exact) mass is 319 g/mol. The summed E-state index contributed by atoms with van der Waals surface area (Å²) in [5, 5.41) is 8.77. The summed E-state index contributed by atoms with van der Waals surface area (Å²) >= 11 is 1.35. The Hall–Kier alpha value is -1.06. The van der Waals surface area contributed by atoms with Crippen molar-refractivity contribution in [3.63, 3.8) is 0 Å². The third-order valence-corrected chi connectivity index (χ3v) is 6.68. The van der Waals surface area contributed by atoms with Crippen LogP contribution in [0.4, 0.5) is 0 Å². The predicted molar refractivity (Wildman–Crippen MR) is 74.9 cm³/mol. The molecule has 0 bridgehead atoms. The van der Waals surface area contributed by atoms with Crippen LogP contribution in [0, 0.1) is 6.92 Å². The third-order valence-electron chi connectivity index (χ3n) is 3.30. The molecule has 0 spiro atoms. The second-order valence-corrected chi connectivity index (χ2v) is 7.62. The molecule has 2 heterocycles. The van der Waals surface area contributed by atoms with E-state index in [0.29, 0.717) is 12.2 Å². The number of aliphatic carboxylic acids is 1. The van der Waals surface area contributed by atoms with Crippen molar-refractivity contribution in [1.82, 2.24) is 13.9 Å². The third kappa shape index (κ3) is 2.45. The number of thioether (sulfide) groups is 1. The average molecular weight is 319 g/mol. The van der Waals surface area contributed by atoms with Gasteiger partial charge >= 0.3 is 5.97 Å². The molecule has 1 fully saturated rings. The molecule has 2 unspecified atom stereocenters. The van der Waals surface area contributed by atoms with E-state index in [0.717, 1.165) is 4.31 Å². The van der Waals surface area contributed by atoms with Gasteiger partial charge in [0, 0.05) is 19.0 Å². The van der Waals surface area contributed by atoms with E-state index in [2.05, 4.69) is 4.98 Å². The number of hydrogen-bond acceptors (Lipinski definition) is 5. The minimum atomic E-state index is -3.90. The molecule has 20 heavy (non-hydrogen) atoms. The van der Waals surface area contributed by atoms with Gasteiger partial charge in [0.05, 0.1) is 5.37 Å². The van der Waals surface area contributed by atoms with Gasteiger partial charge in [0.1, 0.15) is 11.9 Å². The summed E-state index contributed by atoms with van der Waals surface area (Å²) < 4.78 is 28.0. The van der Waals surface area contributed by atoms with E-state index in [1.165, 1.54) is 18.0 Å². The molecule has 0 saturated carbocycles.